The van der Waals surface area contributed by atoms with Crippen molar-refractivity contribution in [1.82, 2.24) is 9.66 Å². The van der Waals surface area contributed by atoms with Gasteiger partial charge in [0, 0.05) is 0 Å². The lowest BCUT2D eigenvalue weighted by Gasteiger charge is -2.05. The average molecular weight is 445 g/mol. The van der Waals surface area contributed by atoms with Gasteiger partial charge in [0.2, 0.25) is 0 Å². The summed E-state index contributed by atoms with van der Waals surface area (Å²) in [5, 5.41) is 4.41. The first-order chi connectivity index (χ1) is 12.1. The molecule has 124 valence electrons. The van der Waals surface area contributed by atoms with Gasteiger partial charge >= 0.3 is 5.69 Å². The minimum Gasteiger partial charge on any atom is -0.480 e. The van der Waals surface area contributed by atoms with Crippen LogP contribution >= 0.6 is 22.6 Å². The molecule has 0 spiro atoms. The predicted molar refractivity (Wildman–Crippen MR) is 105 cm³/mol. The number of H-pyrrole nitrogens is 1. The quantitative estimate of drug-likeness (QED) is 0.380. The Morgan fingerprint density at radius 1 is 1.28 bits per heavy atom. The van der Waals surface area contributed by atoms with Gasteiger partial charge in [0.25, 0.3) is 5.56 Å². The number of nitrogens with one attached hydrogen (secondary N) is 1. The largest absolute Gasteiger partial charge is 0.480 e. The van der Waals surface area contributed by atoms with Gasteiger partial charge in [0.1, 0.15) is 12.4 Å². The van der Waals surface area contributed by atoms with Crippen LogP contribution in [0, 0.1) is 15.9 Å². The molecule has 2 aromatic carbocycles. The third-order valence-corrected chi connectivity index (χ3v) is 4.22. The topological polar surface area (TPSA) is 76.5 Å². The van der Waals surface area contributed by atoms with E-state index in [1.54, 1.807) is 36.4 Å². The molecule has 3 rings (SSSR count). The molecule has 0 radical (unpaired) electrons. The van der Waals surface area contributed by atoms with Crippen molar-refractivity contribution in [1.29, 1.82) is 0 Å². The molecule has 1 aromatic heterocycles. The van der Waals surface area contributed by atoms with Crippen molar-refractivity contribution >= 4 is 39.7 Å². The molecule has 0 unspecified atom stereocenters. The van der Waals surface area contributed by atoms with Gasteiger partial charge in [0.15, 0.2) is 0 Å². The minimum atomic E-state index is -0.594. The van der Waals surface area contributed by atoms with Gasteiger partial charge in [0.05, 0.1) is 20.7 Å². The second kappa shape index (κ2) is 7.36. The van der Waals surface area contributed by atoms with Crippen molar-refractivity contribution in [2.75, 3.05) is 6.61 Å². The number of fused-ring (bicyclic) bond motifs is 1. The minimum absolute atomic E-state index is 0.186. The number of halogens is 1. The van der Waals surface area contributed by atoms with E-state index in [4.69, 9.17) is 11.2 Å². The number of hydrogen-bond acceptors (Lipinski definition) is 4. The molecule has 0 aliphatic rings. The average Bonchev–Trinajstić information content (AvgIpc) is 2.61. The molecule has 7 heteroatoms. The van der Waals surface area contributed by atoms with E-state index < -0.39 is 11.2 Å². The Morgan fingerprint density at radius 3 is 2.84 bits per heavy atom. The summed E-state index contributed by atoms with van der Waals surface area (Å²) in [4.78, 5) is 27.1. The Bertz CT molecular complexity index is 1120. The number of benzene rings is 2. The molecule has 0 aliphatic heterocycles. The van der Waals surface area contributed by atoms with Crippen LogP contribution in [-0.2, 0) is 0 Å². The summed E-state index contributed by atoms with van der Waals surface area (Å²) in [5.41, 5.74) is 0.133. The first kappa shape index (κ1) is 17.0. The van der Waals surface area contributed by atoms with Gasteiger partial charge in [-0.2, -0.15) is 5.10 Å². The highest BCUT2D eigenvalue weighted by atomic mass is 127. The van der Waals surface area contributed by atoms with Gasteiger partial charge in [-0.05, 0) is 58.5 Å². The number of para-hydroxylation sites is 1. The fourth-order valence-corrected chi connectivity index (χ4v) is 2.91. The van der Waals surface area contributed by atoms with Gasteiger partial charge in [-0.3, -0.25) is 4.79 Å². The Labute approximate surface area is 156 Å². The maximum Gasteiger partial charge on any atom is 0.349 e. The Hall–Kier alpha value is -2.86. The molecule has 0 fully saturated rings. The number of ether oxygens (including phenoxy) is 1. The normalized spacial score (nSPS) is 10.9. The summed E-state index contributed by atoms with van der Waals surface area (Å²) in [5.74, 6) is 3.07. The van der Waals surface area contributed by atoms with E-state index in [1.165, 1.54) is 6.21 Å². The molecular formula is C18H12IN3O3. The molecule has 0 aliphatic carbocycles. The molecule has 6 nitrogen and oxygen atoms in total. The van der Waals surface area contributed by atoms with Crippen LogP contribution in [0.15, 0.2) is 57.2 Å². The fraction of sp³-hybridized carbons (Fsp3) is 0.0556. The molecule has 0 atom stereocenters. The van der Waals surface area contributed by atoms with E-state index in [1.807, 2.05) is 6.07 Å². The van der Waals surface area contributed by atoms with Crippen LogP contribution in [0.2, 0.25) is 0 Å². The van der Waals surface area contributed by atoms with Crippen LogP contribution in [0.1, 0.15) is 5.56 Å². The fourth-order valence-electron chi connectivity index (χ4n) is 2.22. The first-order valence-electron chi connectivity index (χ1n) is 7.24. The third-order valence-electron chi connectivity index (χ3n) is 3.37. The number of terminal acetylenes is 1. The van der Waals surface area contributed by atoms with E-state index in [9.17, 15) is 9.59 Å². The van der Waals surface area contributed by atoms with Crippen LogP contribution < -0.4 is 16.0 Å². The van der Waals surface area contributed by atoms with E-state index in [-0.39, 0.29) is 6.61 Å². The van der Waals surface area contributed by atoms with E-state index >= 15 is 0 Å². The number of rotatable bonds is 4. The lowest BCUT2D eigenvalue weighted by molar-refractivity contribution is 0.368. The number of aromatic nitrogens is 2. The standard InChI is InChI=1S/C18H12IN3O3/c1-2-9-25-16-8-7-12(10-14(16)19)11-20-22-17(23)13-5-3-4-6-15(13)21-18(22)24/h1,3-8,10-11H,9H2,(H,21,24). The molecular weight excluding hydrogens is 433 g/mol. The van der Waals surface area contributed by atoms with E-state index in [0.29, 0.717) is 16.7 Å². The van der Waals surface area contributed by atoms with Gasteiger partial charge in [-0.15, -0.1) is 11.1 Å². The number of aromatic amines is 1. The highest BCUT2D eigenvalue weighted by Gasteiger charge is 2.06. The zero-order valence-corrected chi connectivity index (χ0v) is 15.1. The van der Waals surface area contributed by atoms with Crippen LogP contribution in [0.4, 0.5) is 0 Å². The predicted octanol–water partition coefficient (Wildman–Crippen LogP) is 2.19. The molecule has 0 saturated carbocycles. The highest BCUT2D eigenvalue weighted by molar-refractivity contribution is 14.1. The van der Waals surface area contributed by atoms with Crippen LogP contribution in [-0.4, -0.2) is 22.5 Å². The Kier molecular flexibility index (Phi) is 5.00. The second-order valence-electron chi connectivity index (χ2n) is 5.02. The molecule has 0 saturated heterocycles. The van der Waals surface area contributed by atoms with E-state index in [2.05, 4.69) is 38.6 Å². The summed E-state index contributed by atoms with van der Waals surface area (Å²) >= 11 is 2.11. The van der Waals surface area contributed by atoms with Crippen molar-refractivity contribution in [3.8, 4) is 18.1 Å². The van der Waals surface area contributed by atoms with E-state index in [0.717, 1.165) is 13.8 Å². The SMILES string of the molecule is C#CCOc1ccc(C=Nn2c(=O)[nH]c3ccccc3c2=O)cc1I. The molecule has 1 N–H and O–H groups in total. The molecule has 1 heterocycles. The third kappa shape index (κ3) is 3.64. The number of nitrogens with zero attached hydrogens (tertiary/aromatic N) is 2. The van der Waals surface area contributed by atoms with Crippen molar-refractivity contribution in [3.05, 3.63) is 72.4 Å². The Morgan fingerprint density at radius 2 is 2.08 bits per heavy atom. The maximum atomic E-state index is 12.4. The Balaban J connectivity index is 1.96. The van der Waals surface area contributed by atoms with Crippen LogP contribution in [0.3, 0.4) is 0 Å². The summed E-state index contributed by atoms with van der Waals surface area (Å²) in [6.07, 6.45) is 6.62. The summed E-state index contributed by atoms with van der Waals surface area (Å²) in [6, 6.07) is 12.1. The van der Waals surface area contributed by atoms with Gasteiger partial charge < -0.3 is 9.72 Å². The van der Waals surface area contributed by atoms with Gasteiger partial charge in [-0.1, -0.05) is 18.1 Å². The zero-order chi connectivity index (χ0) is 17.8. The van der Waals surface area contributed by atoms with Gasteiger partial charge in [-0.25, -0.2) is 4.79 Å². The van der Waals surface area contributed by atoms with Crippen LogP contribution in [0.5, 0.6) is 5.75 Å². The summed E-state index contributed by atoms with van der Waals surface area (Å²) < 4.78 is 7.04. The molecule has 25 heavy (non-hydrogen) atoms. The zero-order valence-electron chi connectivity index (χ0n) is 12.9. The second-order valence-corrected chi connectivity index (χ2v) is 6.18. The highest BCUT2D eigenvalue weighted by Crippen LogP contribution is 2.21. The van der Waals surface area contributed by atoms with Crippen molar-refractivity contribution < 1.29 is 4.74 Å². The maximum absolute atomic E-state index is 12.4. The van der Waals surface area contributed by atoms with Crippen LogP contribution in [0.25, 0.3) is 10.9 Å². The summed E-state index contributed by atoms with van der Waals surface area (Å²) in [7, 11) is 0. The van der Waals surface area contributed by atoms with Crippen molar-refractivity contribution in [2.24, 2.45) is 5.10 Å². The molecule has 3 aromatic rings. The summed E-state index contributed by atoms with van der Waals surface area (Å²) in [6.45, 7) is 0.186. The van der Waals surface area contributed by atoms with Crippen molar-refractivity contribution in [3.63, 3.8) is 0 Å². The first-order valence-corrected chi connectivity index (χ1v) is 8.32. The smallest absolute Gasteiger partial charge is 0.349 e. The molecule has 0 amide bonds. The molecule has 0 bridgehead atoms. The lowest BCUT2D eigenvalue weighted by Crippen LogP contribution is -2.32. The van der Waals surface area contributed by atoms with Crippen molar-refractivity contribution in [2.45, 2.75) is 0 Å². The monoisotopic (exact) mass is 445 g/mol. The number of hydrogen-bond donors (Lipinski definition) is 1. The lowest BCUT2D eigenvalue weighted by atomic mass is 10.2.